The summed E-state index contributed by atoms with van der Waals surface area (Å²) in [6.07, 6.45) is 0.352. The van der Waals surface area contributed by atoms with Crippen molar-refractivity contribution in [2.45, 2.75) is 32.9 Å². The number of nitrogens with zero attached hydrogens (tertiary/aromatic N) is 2. The second-order valence-electron chi connectivity index (χ2n) is 3.39. The van der Waals surface area contributed by atoms with E-state index in [-0.39, 0.29) is 18.4 Å². The summed E-state index contributed by atoms with van der Waals surface area (Å²) in [6, 6.07) is -0.562. The number of rotatable bonds is 5. The van der Waals surface area contributed by atoms with Crippen LogP contribution in [0.3, 0.4) is 0 Å². The van der Waals surface area contributed by atoms with Gasteiger partial charge in [0, 0.05) is 6.42 Å². The molecule has 0 aliphatic rings. The minimum Gasteiger partial charge on any atom is -0.374 e. The predicted molar refractivity (Wildman–Crippen MR) is 64.1 cm³/mol. The van der Waals surface area contributed by atoms with Gasteiger partial charge in [0.2, 0.25) is 16.9 Å². The molecule has 0 saturated carbocycles. The molecule has 0 saturated heterocycles. The number of hydrogen-bond acceptors (Lipinski definition) is 6. The Bertz CT molecular complexity index is 406. The van der Waals surface area contributed by atoms with Crippen LogP contribution in [0.4, 0.5) is 5.13 Å². The third kappa shape index (κ3) is 4.35. The Hall–Kier alpha value is -1.70. The summed E-state index contributed by atoms with van der Waals surface area (Å²) in [7, 11) is 0. The standard InChI is InChI=1S/C9H15N5O2S/c1-3-6(15)12-5(2)8(16)11-4-7-13-14-9(10)17-7/h5H,3-4H2,1-2H3,(H2,10,14)(H,11,16)(H,12,15). The van der Waals surface area contributed by atoms with Crippen LogP contribution < -0.4 is 16.4 Å². The number of anilines is 1. The first-order chi connectivity index (χ1) is 8.02. The highest BCUT2D eigenvalue weighted by molar-refractivity contribution is 7.15. The van der Waals surface area contributed by atoms with Crippen molar-refractivity contribution in [3.05, 3.63) is 5.01 Å². The molecular weight excluding hydrogens is 242 g/mol. The number of carbonyl (C=O) groups is 2. The highest BCUT2D eigenvalue weighted by Gasteiger charge is 2.14. The fourth-order valence-electron chi connectivity index (χ4n) is 1.06. The van der Waals surface area contributed by atoms with Crippen LogP contribution >= 0.6 is 11.3 Å². The van der Waals surface area contributed by atoms with E-state index < -0.39 is 6.04 Å². The topological polar surface area (TPSA) is 110 Å². The predicted octanol–water partition coefficient (Wildman–Crippen LogP) is -0.349. The van der Waals surface area contributed by atoms with Crippen molar-refractivity contribution >= 4 is 28.3 Å². The first-order valence-electron chi connectivity index (χ1n) is 5.17. The number of nitrogens with two attached hydrogens (primary N) is 1. The van der Waals surface area contributed by atoms with Crippen LogP contribution in [-0.4, -0.2) is 28.1 Å². The maximum Gasteiger partial charge on any atom is 0.242 e. The van der Waals surface area contributed by atoms with Gasteiger partial charge in [0.05, 0.1) is 6.54 Å². The number of amides is 2. The highest BCUT2D eigenvalue weighted by Crippen LogP contribution is 2.09. The fraction of sp³-hybridized carbons (Fsp3) is 0.556. The molecule has 0 fully saturated rings. The fourth-order valence-corrected chi connectivity index (χ4v) is 1.61. The molecule has 1 rings (SSSR count). The molecule has 7 nitrogen and oxygen atoms in total. The van der Waals surface area contributed by atoms with E-state index in [2.05, 4.69) is 20.8 Å². The van der Waals surface area contributed by atoms with Gasteiger partial charge in [-0.15, -0.1) is 10.2 Å². The lowest BCUT2D eigenvalue weighted by atomic mass is 10.3. The van der Waals surface area contributed by atoms with E-state index in [4.69, 9.17) is 5.73 Å². The maximum atomic E-state index is 11.6. The average Bonchev–Trinajstić information content (AvgIpc) is 2.71. The molecule has 1 atom stereocenters. The average molecular weight is 257 g/mol. The zero-order valence-corrected chi connectivity index (χ0v) is 10.5. The summed E-state index contributed by atoms with van der Waals surface area (Å²) in [5, 5.41) is 13.6. The smallest absolute Gasteiger partial charge is 0.242 e. The van der Waals surface area contributed by atoms with E-state index in [0.29, 0.717) is 16.6 Å². The van der Waals surface area contributed by atoms with E-state index in [9.17, 15) is 9.59 Å². The Morgan fingerprint density at radius 3 is 2.71 bits per heavy atom. The normalized spacial score (nSPS) is 11.9. The zero-order chi connectivity index (χ0) is 12.8. The quantitative estimate of drug-likeness (QED) is 0.668. The van der Waals surface area contributed by atoms with Crippen LogP contribution in [0.5, 0.6) is 0 Å². The molecule has 0 aromatic carbocycles. The second kappa shape index (κ2) is 6.14. The number of carbonyl (C=O) groups excluding carboxylic acids is 2. The van der Waals surface area contributed by atoms with Crippen molar-refractivity contribution in [2.24, 2.45) is 0 Å². The van der Waals surface area contributed by atoms with Crippen LogP contribution in [0.1, 0.15) is 25.3 Å². The molecule has 8 heteroatoms. The molecule has 2 amide bonds. The van der Waals surface area contributed by atoms with Crippen LogP contribution in [0.25, 0.3) is 0 Å². The molecule has 0 spiro atoms. The lowest BCUT2D eigenvalue weighted by Crippen LogP contribution is -2.44. The van der Waals surface area contributed by atoms with Crippen LogP contribution in [0.2, 0.25) is 0 Å². The molecule has 1 heterocycles. The summed E-state index contributed by atoms with van der Waals surface area (Å²) in [5.74, 6) is -0.423. The molecule has 0 aliphatic heterocycles. The number of nitrogens with one attached hydrogen (secondary N) is 2. The number of hydrogen-bond donors (Lipinski definition) is 3. The molecule has 17 heavy (non-hydrogen) atoms. The van der Waals surface area contributed by atoms with Crippen LogP contribution in [0.15, 0.2) is 0 Å². The minimum absolute atomic E-state index is 0.159. The highest BCUT2D eigenvalue weighted by atomic mass is 32.1. The van der Waals surface area contributed by atoms with E-state index >= 15 is 0 Å². The van der Waals surface area contributed by atoms with E-state index in [1.54, 1.807) is 13.8 Å². The summed E-state index contributed by atoms with van der Waals surface area (Å²) in [5.41, 5.74) is 5.40. The van der Waals surface area contributed by atoms with E-state index in [1.165, 1.54) is 11.3 Å². The molecule has 94 valence electrons. The first-order valence-corrected chi connectivity index (χ1v) is 5.99. The monoisotopic (exact) mass is 257 g/mol. The van der Waals surface area contributed by atoms with Crippen molar-refractivity contribution in [3.8, 4) is 0 Å². The lowest BCUT2D eigenvalue weighted by Gasteiger charge is -2.12. The van der Waals surface area contributed by atoms with Gasteiger partial charge in [0.25, 0.3) is 0 Å². The van der Waals surface area contributed by atoms with Crippen LogP contribution in [-0.2, 0) is 16.1 Å². The van der Waals surface area contributed by atoms with E-state index in [1.807, 2.05) is 0 Å². The minimum atomic E-state index is -0.562. The van der Waals surface area contributed by atoms with Crippen molar-refractivity contribution < 1.29 is 9.59 Å². The lowest BCUT2D eigenvalue weighted by molar-refractivity contribution is -0.128. The largest absolute Gasteiger partial charge is 0.374 e. The molecule has 0 aliphatic carbocycles. The van der Waals surface area contributed by atoms with Crippen molar-refractivity contribution in [2.75, 3.05) is 5.73 Å². The van der Waals surface area contributed by atoms with Crippen molar-refractivity contribution in [3.63, 3.8) is 0 Å². The second-order valence-corrected chi connectivity index (χ2v) is 4.49. The Kier molecular flexibility index (Phi) is 4.83. The summed E-state index contributed by atoms with van der Waals surface area (Å²) in [4.78, 5) is 22.7. The summed E-state index contributed by atoms with van der Waals surface area (Å²) >= 11 is 1.21. The summed E-state index contributed by atoms with van der Waals surface area (Å²) in [6.45, 7) is 3.61. The molecule has 0 radical (unpaired) electrons. The molecular formula is C9H15N5O2S. The molecule has 1 unspecified atom stereocenters. The zero-order valence-electron chi connectivity index (χ0n) is 9.69. The Balaban J connectivity index is 2.36. The van der Waals surface area contributed by atoms with Gasteiger partial charge < -0.3 is 16.4 Å². The van der Waals surface area contributed by atoms with Crippen molar-refractivity contribution in [1.29, 1.82) is 0 Å². The van der Waals surface area contributed by atoms with Crippen molar-refractivity contribution in [1.82, 2.24) is 20.8 Å². The SMILES string of the molecule is CCC(=O)NC(C)C(=O)NCc1nnc(N)s1. The Labute approximate surface area is 103 Å². The van der Waals surface area contributed by atoms with E-state index in [0.717, 1.165) is 0 Å². The molecule has 1 aromatic heterocycles. The van der Waals surface area contributed by atoms with Gasteiger partial charge in [-0.3, -0.25) is 9.59 Å². The third-order valence-electron chi connectivity index (χ3n) is 1.99. The van der Waals surface area contributed by atoms with Gasteiger partial charge in [-0.1, -0.05) is 18.3 Å². The number of nitrogen functional groups attached to an aromatic ring is 1. The van der Waals surface area contributed by atoms with Crippen LogP contribution in [0, 0.1) is 0 Å². The maximum absolute atomic E-state index is 11.6. The molecule has 1 aromatic rings. The van der Waals surface area contributed by atoms with Gasteiger partial charge in [-0.25, -0.2) is 0 Å². The Morgan fingerprint density at radius 2 is 2.18 bits per heavy atom. The van der Waals surface area contributed by atoms with Gasteiger partial charge >= 0.3 is 0 Å². The van der Waals surface area contributed by atoms with Gasteiger partial charge in [0.15, 0.2) is 0 Å². The van der Waals surface area contributed by atoms with Gasteiger partial charge in [-0.05, 0) is 6.92 Å². The first kappa shape index (κ1) is 13.4. The van der Waals surface area contributed by atoms with Gasteiger partial charge in [0.1, 0.15) is 11.0 Å². The third-order valence-corrected chi connectivity index (χ3v) is 2.74. The molecule has 4 N–H and O–H groups in total. The number of aromatic nitrogens is 2. The molecule has 0 bridgehead atoms. The summed E-state index contributed by atoms with van der Waals surface area (Å²) < 4.78 is 0. The van der Waals surface area contributed by atoms with Gasteiger partial charge in [-0.2, -0.15) is 0 Å². The Morgan fingerprint density at radius 1 is 1.47 bits per heavy atom.